The first-order valence-corrected chi connectivity index (χ1v) is 8.48. The van der Waals surface area contributed by atoms with Crippen LogP contribution in [0.15, 0.2) is 29.0 Å². The molecular weight excluding hydrogens is 374 g/mol. The molecule has 0 spiro atoms. The Bertz CT molecular complexity index is 715. The second kappa shape index (κ2) is 8.19. The highest BCUT2D eigenvalue weighted by atomic mass is 79.9. The van der Waals surface area contributed by atoms with Gasteiger partial charge in [0.2, 0.25) is 0 Å². The number of hydrogen-bond donors (Lipinski definition) is 0. The Kier molecular flexibility index (Phi) is 6.25. The molecule has 2 aromatic rings. The van der Waals surface area contributed by atoms with E-state index in [9.17, 15) is 4.79 Å². The molecule has 0 unspecified atom stereocenters. The minimum absolute atomic E-state index is 0.0973. The molecular formula is C17H22BrN3O3. The van der Waals surface area contributed by atoms with E-state index < -0.39 is 0 Å². The van der Waals surface area contributed by atoms with Gasteiger partial charge in [0.25, 0.3) is 5.91 Å². The average Bonchev–Trinajstić information content (AvgIpc) is 2.97. The minimum atomic E-state index is -0.0973. The third-order valence-electron chi connectivity index (χ3n) is 3.45. The van der Waals surface area contributed by atoms with E-state index in [4.69, 9.17) is 9.47 Å². The van der Waals surface area contributed by atoms with E-state index in [0.717, 1.165) is 12.0 Å². The van der Waals surface area contributed by atoms with Crippen LogP contribution < -0.4 is 9.47 Å². The number of ether oxygens (including phenoxy) is 2. The van der Waals surface area contributed by atoms with E-state index in [1.807, 2.05) is 20.2 Å². The van der Waals surface area contributed by atoms with Crippen LogP contribution in [-0.4, -0.2) is 41.4 Å². The quantitative estimate of drug-likeness (QED) is 0.721. The largest absolute Gasteiger partial charge is 0.493 e. The van der Waals surface area contributed by atoms with Gasteiger partial charge < -0.3 is 14.4 Å². The number of aryl methyl sites for hydroxylation is 1. The summed E-state index contributed by atoms with van der Waals surface area (Å²) in [7, 11) is 5.17. The van der Waals surface area contributed by atoms with Gasteiger partial charge in [0.15, 0.2) is 11.5 Å². The fourth-order valence-corrected chi connectivity index (χ4v) is 2.86. The number of amides is 1. The van der Waals surface area contributed by atoms with E-state index in [2.05, 4.69) is 21.0 Å². The van der Waals surface area contributed by atoms with Gasteiger partial charge in [-0.2, -0.15) is 5.10 Å². The van der Waals surface area contributed by atoms with Crippen LogP contribution in [-0.2, 0) is 13.6 Å². The maximum Gasteiger partial charge on any atom is 0.254 e. The minimum Gasteiger partial charge on any atom is -0.493 e. The van der Waals surface area contributed by atoms with Crippen LogP contribution in [0, 0.1) is 0 Å². The Morgan fingerprint density at radius 2 is 2.17 bits per heavy atom. The highest BCUT2D eigenvalue weighted by molar-refractivity contribution is 9.10. The molecule has 130 valence electrons. The molecule has 24 heavy (non-hydrogen) atoms. The third kappa shape index (κ3) is 4.29. The van der Waals surface area contributed by atoms with Gasteiger partial charge in [-0.1, -0.05) is 6.92 Å². The highest BCUT2D eigenvalue weighted by Gasteiger charge is 2.18. The summed E-state index contributed by atoms with van der Waals surface area (Å²) >= 11 is 3.47. The topological polar surface area (TPSA) is 56.6 Å². The molecule has 0 atom stereocenters. The Hall–Kier alpha value is -2.02. The first-order chi connectivity index (χ1) is 11.5. The van der Waals surface area contributed by atoms with Gasteiger partial charge in [0.1, 0.15) is 0 Å². The van der Waals surface area contributed by atoms with Crippen molar-refractivity contribution < 1.29 is 14.3 Å². The molecule has 2 rings (SSSR count). The van der Waals surface area contributed by atoms with E-state index >= 15 is 0 Å². The fourth-order valence-electron chi connectivity index (χ4n) is 2.31. The molecule has 1 aromatic heterocycles. The number of nitrogens with zero attached hydrogens (tertiary/aromatic N) is 3. The predicted octanol–water partition coefficient (Wildman–Crippen LogP) is 3.25. The van der Waals surface area contributed by atoms with Crippen LogP contribution in [0.4, 0.5) is 0 Å². The lowest BCUT2D eigenvalue weighted by molar-refractivity contribution is 0.0784. The van der Waals surface area contributed by atoms with Crippen LogP contribution in [0.2, 0.25) is 0 Å². The van der Waals surface area contributed by atoms with Crippen molar-refractivity contribution in [3.63, 3.8) is 0 Å². The molecule has 0 saturated carbocycles. The lowest BCUT2D eigenvalue weighted by Gasteiger charge is -2.18. The van der Waals surface area contributed by atoms with E-state index in [1.165, 1.54) is 0 Å². The lowest BCUT2D eigenvalue weighted by atomic mass is 10.1. The van der Waals surface area contributed by atoms with Gasteiger partial charge >= 0.3 is 0 Å². The Balaban J connectivity index is 2.20. The van der Waals surface area contributed by atoms with Crippen LogP contribution >= 0.6 is 15.9 Å². The standard InChI is InChI=1S/C17H22BrN3O3/c1-5-6-24-16-14(18)7-13(8-15(16)23-4)17(22)20(2)10-12-9-19-21(3)11-12/h7-9,11H,5-6,10H2,1-4H3. The van der Waals surface area contributed by atoms with Crippen LogP contribution in [0.1, 0.15) is 29.3 Å². The fraction of sp³-hybridized carbons (Fsp3) is 0.412. The average molecular weight is 396 g/mol. The van der Waals surface area contributed by atoms with Gasteiger partial charge in [-0.15, -0.1) is 0 Å². The number of hydrogen-bond acceptors (Lipinski definition) is 4. The lowest BCUT2D eigenvalue weighted by Crippen LogP contribution is -2.26. The summed E-state index contributed by atoms with van der Waals surface area (Å²) < 4.78 is 13.5. The number of aromatic nitrogens is 2. The normalized spacial score (nSPS) is 10.5. The van der Waals surface area contributed by atoms with E-state index in [1.54, 1.807) is 42.1 Å². The molecule has 0 aliphatic carbocycles. The first-order valence-electron chi connectivity index (χ1n) is 7.69. The van der Waals surface area contributed by atoms with Gasteiger partial charge in [-0.25, -0.2) is 0 Å². The Morgan fingerprint density at radius 3 is 2.75 bits per heavy atom. The van der Waals surface area contributed by atoms with Crippen molar-refractivity contribution in [1.82, 2.24) is 14.7 Å². The van der Waals surface area contributed by atoms with Gasteiger partial charge in [-0.05, 0) is 34.5 Å². The number of carbonyl (C=O) groups is 1. The molecule has 1 heterocycles. The molecule has 6 nitrogen and oxygen atoms in total. The molecule has 0 saturated heterocycles. The van der Waals surface area contributed by atoms with Crippen molar-refractivity contribution in [2.75, 3.05) is 20.8 Å². The zero-order chi connectivity index (χ0) is 17.7. The molecule has 0 N–H and O–H groups in total. The van der Waals surface area contributed by atoms with Crippen molar-refractivity contribution in [3.8, 4) is 11.5 Å². The SMILES string of the molecule is CCCOc1c(Br)cc(C(=O)N(C)Cc2cnn(C)c2)cc1OC. The summed E-state index contributed by atoms with van der Waals surface area (Å²) in [6, 6.07) is 3.47. The van der Waals surface area contributed by atoms with Crippen molar-refractivity contribution in [3.05, 3.63) is 40.1 Å². The van der Waals surface area contributed by atoms with Crippen molar-refractivity contribution in [2.45, 2.75) is 19.9 Å². The van der Waals surface area contributed by atoms with E-state index in [-0.39, 0.29) is 5.91 Å². The zero-order valence-corrected chi connectivity index (χ0v) is 16.0. The van der Waals surface area contributed by atoms with Gasteiger partial charge in [-0.3, -0.25) is 9.48 Å². The molecule has 0 fully saturated rings. The number of rotatable bonds is 7. The van der Waals surface area contributed by atoms with Crippen molar-refractivity contribution in [2.24, 2.45) is 7.05 Å². The Morgan fingerprint density at radius 1 is 1.42 bits per heavy atom. The van der Waals surface area contributed by atoms with Crippen LogP contribution in [0.3, 0.4) is 0 Å². The van der Waals surface area contributed by atoms with E-state index in [0.29, 0.717) is 34.7 Å². The molecule has 1 aromatic carbocycles. The van der Waals surface area contributed by atoms with Crippen molar-refractivity contribution in [1.29, 1.82) is 0 Å². The van der Waals surface area contributed by atoms with Crippen LogP contribution in [0.25, 0.3) is 0 Å². The molecule has 0 aliphatic rings. The number of methoxy groups -OCH3 is 1. The summed E-state index contributed by atoms with van der Waals surface area (Å²) in [5.41, 5.74) is 1.51. The summed E-state index contributed by atoms with van der Waals surface area (Å²) in [5.74, 6) is 1.06. The van der Waals surface area contributed by atoms with Gasteiger partial charge in [0.05, 0.1) is 24.4 Å². The number of halogens is 1. The summed E-state index contributed by atoms with van der Waals surface area (Å²) in [4.78, 5) is 14.3. The number of benzene rings is 1. The molecule has 0 bridgehead atoms. The summed E-state index contributed by atoms with van der Waals surface area (Å²) in [6.07, 6.45) is 4.54. The maximum absolute atomic E-state index is 12.7. The zero-order valence-electron chi connectivity index (χ0n) is 14.4. The summed E-state index contributed by atoms with van der Waals surface area (Å²) in [5, 5.41) is 4.12. The van der Waals surface area contributed by atoms with Crippen LogP contribution in [0.5, 0.6) is 11.5 Å². The van der Waals surface area contributed by atoms with Crippen molar-refractivity contribution >= 4 is 21.8 Å². The predicted molar refractivity (Wildman–Crippen MR) is 95.5 cm³/mol. The molecule has 0 radical (unpaired) electrons. The molecule has 0 aliphatic heterocycles. The Labute approximate surface area is 150 Å². The molecule has 1 amide bonds. The van der Waals surface area contributed by atoms with Gasteiger partial charge in [0, 0.05) is 38.0 Å². The number of carbonyl (C=O) groups excluding carboxylic acids is 1. The molecule has 7 heteroatoms. The second-order valence-corrected chi connectivity index (χ2v) is 6.38. The monoisotopic (exact) mass is 395 g/mol. The smallest absolute Gasteiger partial charge is 0.254 e. The first kappa shape index (κ1) is 18.3. The summed E-state index contributed by atoms with van der Waals surface area (Å²) in [6.45, 7) is 3.11. The third-order valence-corrected chi connectivity index (χ3v) is 4.04. The second-order valence-electron chi connectivity index (χ2n) is 5.52. The maximum atomic E-state index is 12.7. The highest BCUT2D eigenvalue weighted by Crippen LogP contribution is 2.37.